The normalized spacial score (nSPS) is 15.2. The average molecular weight is 421 g/mol. The Bertz CT molecular complexity index is 742. The van der Waals surface area contributed by atoms with E-state index >= 15 is 0 Å². The average Bonchev–Trinajstić information content (AvgIpc) is 3.06. The first kappa shape index (κ1) is 21.2. The second-order valence-electron chi connectivity index (χ2n) is 7.61. The predicted octanol–water partition coefficient (Wildman–Crippen LogP) is 4.29. The van der Waals surface area contributed by atoms with E-state index in [0.717, 1.165) is 35.0 Å². The van der Waals surface area contributed by atoms with E-state index in [9.17, 15) is 0 Å². The lowest BCUT2D eigenvalue weighted by molar-refractivity contribution is -0.899. The molecule has 0 amide bonds. The van der Waals surface area contributed by atoms with E-state index in [1.807, 2.05) is 37.3 Å². The third-order valence-electron chi connectivity index (χ3n) is 5.49. The number of thiocarbonyl (C=S) groups is 1. The highest BCUT2D eigenvalue weighted by Crippen LogP contribution is 2.23. The second kappa shape index (κ2) is 10.8. The number of furan rings is 1. The van der Waals surface area contributed by atoms with E-state index < -0.39 is 0 Å². The Morgan fingerprint density at radius 1 is 1.18 bits per heavy atom. The van der Waals surface area contributed by atoms with Crippen LogP contribution in [0.3, 0.4) is 0 Å². The fourth-order valence-corrected chi connectivity index (χ4v) is 4.22. The van der Waals surface area contributed by atoms with Gasteiger partial charge in [-0.2, -0.15) is 0 Å². The van der Waals surface area contributed by atoms with Gasteiger partial charge in [0.1, 0.15) is 5.76 Å². The van der Waals surface area contributed by atoms with Gasteiger partial charge in [-0.25, -0.2) is 0 Å². The molecular formula is C22H31ClN3OS+. The minimum Gasteiger partial charge on any atom is -0.467 e. The molecule has 0 spiro atoms. The minimum absolute atomic E-state index is 0.674. The maximum atomic E-state index is 6.26. The number of quaternary nitrogens is 1. The van der Waals surface area contributed by atoms with Crippen LogP contribution in [0.4, 0.5) is 5.69 Å². The van der Waals surface area contributed by atoms with Crippen molar-refractivity contribution in [3.05, 3.63) is 52.9 Å². The molecule has 2 heterocycles. The van der Waals surface area contributed by atoms with E-state index in [4.69, 9.17) is 28.2 Å². The number of nitrogens with one attached hydrogen (secondary N) is 2. The summed E-state index contributed by atoms with van der Waals surface area (Å²) in [6.07, 6.45) is 8.33. The predicted molar refractivity (Wildman–Crippen MR) is 120 cm³/mol. The summed E-state index contributed by atoms with van der Waals surface area (Å²) in [5.74, 6) is 0.925. The number of halogens is 1. The lowest BCUT2D eigenvalue weighted by Crippen LogP contribution is -3.11. The fourth-order valence-electron chi connectivity index (χ4n) is 3.78. The van der Waals surface area contributed by atoms with Crippen LogP contribution >= 0.6 is 23.8 Å². The van der Waals surface area contributed by atoms with Gasteiger partial charge in [-0.3, -0.25) is 0 Å². The molecule has 1 saturated heterocycles. The van der Waals surface area contributed by atoms with Crippen molar-refractivity contribution in [1.29, 1.82) is 0 Å². The maximum Gasteiger partial charge on any atom is 0.173 e. The number of nitrogens with zero attached hydrogens (tertiary/aromatic N) is 1. The molecule has 1 fully saturated rings. The summed E-state index contributed by atoms with van der Waals surface area (Å²) in [6, 6.07) is 9.78. The summed E-state index contributed by atoms with van der Waals surface area (Å²) in [7, 11) is 0. The molecule has 4 nitrogen and oxygen atoms in total. The molecule has 1 aromatic heterocycles. The molecule has 2 aromatic rings. The van der Waals surface area contributed by atoms with E-state index in [0.29, 0.717) is 11.7 Å². The molecule has 152 valence electrons. The smallest absolute Gasteiger partial charge is 0.173 e. The summed E-state index contributed by atoms with van der Waals surface area (Å²) in [5.41, 5.74) is 1.97. The van der Waals surface area contributed by atoms with Gasteiger partial charge in [0.25, 0.3) is 0 Å². The molecule has 1 aliphatic heterocycles. The molecule has 0 unspecified atom stereocenters. The van der Waals surface area contributed by atoms with Crippen LogP contribution in [0.15, 0.2) is 41.0 Å². The van der Waals surface area contributed by atoms with Crippen molar-refractivity contribution >= 4 is 34.6 Å². The van der Waals surface area contributed by atoms with Crippen molar-refractivity contribution in [2.75, 3.05) is 31.5 Å². The van der Waals surface area contributed by atoms with E-state index in [-0.39, 0.29) is 0 Å². The van der Waals surface area contributed by atoms with Crippen molar-refractivity contribution in [2.24, 2.45) is 0 Å². The molecule has 0 aliphatic carbocycles. The molecule has 1 aromatic carbocycles. The summed E-state index contributed by atoms with van der Waals surface area (Å²) in [4.78, 5) is 3.94. The molecule has 28 heavy (non-hydrogen) atoms. The van der Waals surface area contributed by atoms with Gasteiger partial charge in [-0.15, -0.1) is 0 Å². The molecule has 2 N–H and O–H groups in total. The van der Waals surface area contributed by atoms with Crippen LogP contribution in [0.2, 0.25) is 5.02 Å². The lowest BCUT2D eigenvalue weighted by atomic mass is 10.2. The van der Waals surface area contributed by atoms with Crippen LogP contribution in [-0.2, 0) is 6.54 Å². The summed E-state index contributed by atoms with van der Waals surface area (Å²) < 4.78 is 5.56. The quantitative estimate of drug-likeness (QED) is 0.654. The summed E-state index contributed by atoms with van der Waals surface area (Å²) in [6.45, 7) is 7.41. The first-order chi connectivity index (χ1) is 13.6. The molecule has 0 atom stereocenters. The SMILES string of the molecule is Cc1c(Cl)cccc1NC(=S)N(CCC[NH+]1CCCCCC1)Cc1ccco1. The monoisotopic (exact) mass is 420 g/mol. The lowest BCUT2D eigenvalue weighted by Gasteiger charge is -2.26. The summed E-state index contributed by atoms with van der Waals surface area (Å²) >= 11 is 12.0. The van der Waals surface area contributed by atoms with Gasteiger partial charge in [0, 0.05) is 23.7 Å². The van der Waals surface area contributed by atoms with Gasteiger partial charge in [0.15, 0.2) is 5.11 Å². The fraction of sp³-hybridized carbons (Fsp3) is 0.500. The molecule has 0 radical (unpaired) electrons. The molecule has 1 aliphatic rings. The van der Waals surface area contributed by atoms with E-state index in [1.165, 1.54) is 45.3 Å². The minimum atomic E-state index is 0.674. The van der Waals surface area contributed by atoms with Gasteiger partial charge in [-0.1, -0.05) is 17.7 Å². The highest BCUT2D eigenvalue weighted by Gasteiger charge is 2.16. The Balaban J connectivity index is 1.60. The van der Waals surface area contributed by atoms with Crippen molar-refractivity contribution in [3.8, 4) is 0 Å². The van der Waals surface area contributed by atoms with Crippen molar-refractivity contribution in [1.82, 2.24) is 4.90 Å². The zero-order valence-corrected chi connectivity index (χ0v) is 18.2. The van der Waals surface area contributed by atoms with Crippen LogP contribution < -0.4 is 10.2 Å². The standard InChI is InChI=1S/C22H30ClN3OS/c1-18-20(23)10-6-11-21(18)24-22(28)26(17-19-9-7-16-27-19)15-8-14-25-12-4-2-3-5-13-25/h6-7,9-11,16H,2-5,8,12-15,17H2,1H3,(H,24,28)/p+1. The van der Waals surface area contributed by atoms with Crippen molar-refractivity contribution in [3.63, 3.8) is 0 Å². The highest BCUT2D eigenvalue weighted by molar-refractivity contribution is 7.80. The number of hydrogen-bond donors (Lipinski definition) is 2. The molecule has 0 saturated carbocycles. The third kappa shape index (κ3) is 6.23. The van der Waals surface area contributed by atoms with Crippen LogP contribution in [0.25, 0.3) is 0 Å². The number of rotatable bonds is 7. The van der Waals surface area contributed by atoms with Gasteiger partial charge >= 0.3 is 0 Å². The van der Waals surface area contributed by atoms with Gasteiger partial charge in [0.05, 0.1) is 32.4 Å². The molecule has 3 rings (SSSR count). The zero-order chi connectivity index (χ0) is 19.8. The van der Waals surface area contributed by atoms with Crippen molar-refractivity contribution < 1.29 is 9.32 Å². The number of benzene rings is 1. The highest BCUT2D eigenvalue weighted by atomic mass is 35.5. The first-order valence-corrected chi connectivity index (χ1v) is 11.1. The zero-order valence-electron chi connectivity index (χ0n) is 16.7. The second-order valence-corrected chi connectivity index (χ2v) is 8.41. The van der Waals surface area contributed by atoms with Crippen LogP contribution in [0.1, 0.15) is 43.4 Å². The Morgan fingerprint density at radius 3 is 2.68 bits per heavy atom. The van der Waals surface area contributed by atoms with Gasteiger partial charge in [-0.05, 0) is 74.7 Å². The van der Waals surface area contributed by atoms with Crippen LogP contribution in [0, 0.1) is 6.92 Å². The Kier molecular flexibility index (Phi) is 8.19. The number of anilines is 1. The molecular weight excluding hydrogens is 390 g/mol. The Labute approximate surface area is 178 Å². The Hall–Kier alpha value is -1.56. The van der Waals surface area contributed by atoms with E-state index in [1.54, 1.807) is 11.2 Å². The maximum absolute atomic E-state index is 6.26. The Morgan fingerprint density at radius 2 is 1.96 bits per heavy atom. The van der Waals surface area contributed by atoms with Gasteiger partial charge in [0.2, 0.25) is 0 Å². The molecule has 6 heteroatoms. The first-order valence-electron chi connectivity index (χ1n) is 10.3. The summed E-state index contributed by atoms with van der Waals surface area (Å²) in [5, 5.41) is 4.85. The van der Waals surface area contributed by atoms with E-state index in [2.05, 4.69) is 10.2 Å². The number of likely N-dealkylation sites (tertiary alicyclic amines) is 1. The van der Waals surface area contributed by atoms with Gasteiger partial charge < -0.3 is 19.5 Å². The van der Waals surface area contributed by atoms with Crippen molar-refractivity contribution in [2.45, 2.75) is 45.6 Å². The largest absolute Gasteiger partial charge is 0.467 e. The van der Waals surface area contributed by atoms with Crippen LogP contribution in [-0.4, -0.2) is 36.2 Å². The topological polar surface area (TPSA) is 32.9 Å². The number of hydrogen-bond acceptors (Lipinski definition) is 2. The molecule has 0 bridgehead atoms. The van der Waals surface area contributed by atoms with Crippen LogP contribution in [0.5, 0.6) is 0 Å². The third-order valence-corrected chi connectivity index (χ3v) is 6.26.